The zero-order chi connectivity index (χ0) is 20.2. The van der Waals surface area contributed by atoms with Gasteiger partial charge in [-0.05, 0) is 62.6 Å². The highest BCUT2D eigenvalue weighted by molar-refractivity contribution is 6.03. The third-order valence-electron chi connectivity index (χ3n) is 5.13. The van der Waals surface area contributed by atoms with E-state index in [1.54, 1.807) is 6.20 Å². The van der Waals surface area contributed by atoms with Crippen molar-refractivity contribution in [2.75, 3.05) is 28.6 Å². The van der Waals surface area contributed by atoms with Crippen molar-refractivity contribution >= 4 is 28.8 Å². The van der Waals surface area contributed by atoms with Crippen LogP contribution in [-0.4, -0.2) is 29.0 Å². The van der Waals surface area contributed by atoms with E-state index in [4.69, 9.17) is 0 Å². The molecule has 2 aromatic carbocycles. The molecule has 3 aromatic rings. The Morgan fingerprint density at radius 2 is 1.72 bits per heavy atom. The predicted octanol–water partition coefficient (Wildman–Crippen LogP) is 4.69. The molecule has 0 radical (unpaired) electrons. The van der Waals surface area contributed by atoms with Gasteiger partial charge in [-0.25, -0.2) is 9.97 Å². The van der Waals surface area contributed by atoms with E-state index < -0.39 is 0 Å². The number of hydrogen-bond acceptors (Lipinski definition) is 5. The van der Waals surface area contributed by atoms with Crippen LogP contribution in [0.5, 0.6) is 0 Å². The van der Waals surface area contributed by atoms with Crippen LogP contribution >= 0.6 is 0 Å². The number of rotatable bonds is 5. The van der Waals surface area contributed by atoms with Gasteiger partial charge < -0.3 is 15.5 Å². The van der Waals surface area contributed by atoms with Gasteiger partial charge in [-0.3, -0.25) is 4.79 Å². The number of carbonyl (C=O) groups is 1. The Morgan fingerprint density at radius 1 is 0.966 bits per heavy atom. The molecule has 1 amide bonds. The summed E-state index contributed by atoms with van der Waals surface area (Å²) in [6.45, 7) is 6.25. The van der Waals surface area contributed by atoms with E-state index in [9.17, 15) is 4.79 Å². The third-order valence-corrected chi connectivity index (χ3v) is 5.13. The minimum absolute atomic E-state index is 0.272. The molecule has 0 atom stereocenters. The van der Waals surface area contributed by atoms with E-state index in [1.165, 1.54) is 24.7 Å². The van der Waals surface area contributed by atoms with Gasteiger partial charge in [0.2, 0.25) is 0 Å². The van der Waals surface area contributed by atoms with E-state index in [-0.39, 0.29) is 11.6 Å². The predicted molar refractivity (Wildman–Crippen MR) is 117 cm³/mol. The largest absolute Gasteiger partial charge is 0.372 e. The lowest BCUT2D eigenvalue weighted by atomic mass is 10.1. The summed E-state index contributed by atoms with van der Waals surface area (Å²) in [4.78, 5) is 23.4. The molecule has 4 rings (SSSR count). The number of amides is 1. The Balaban J connectivity index is 1.39. The van der Waals surface area contributed by atoms with Crippen LogP contribution in [0.4, 0.5) is 22.9 Å². The Morgan fingerprint density at radius 3 is 2.38 bits per heavy atom. The van der Waals surface area contributed by atoms with Gasteiger partial charge >= 0.3 is 0 Å². The van der Waals surface area contributed by atoms with Gasteiger partial charge in [0.1, 0.15) is 11.5 Å². The Hall–Kier alpha value is -3.41. The SMILES string of the molecule is Cc1ccc(NC(=O)c2cnc(Nc3ccc(N4CCCC4)cc3)cn2)c(C)c1. The highest BCUT2D eigenvalue weighted by atomic mass is 16.1. The zero-order valence-electron chi connectivity index (χ0n) is 16.8. The average molecular weight is 387 g/mol. The fraction of sp³-hybridized carbons (Fsp3) is 0.261. The first-order chi connectivity index (χ1) is 14.1. The van der Waals surface area contributed by atoms with Gasteiger partial charge in [0, 0.05) is 30.2 Å². The van der Waals surface area contributed by atoms with Gasteiger partial charge in [0.25, 0.3) is 5.91 Å². The smallest absolute Gasteiger partial charge is 0.275 e. The average Bonchev–Trinajstić information content (AvgIpc) is 3.26. The highest BCUT2D eigenvalue weighted by Gasteiger charge is 2.12. The molecule has 6 nitrogen and oxygen atoms in total. The van der Waals surface area contributed by atoms with Crippen molar-refractivity contribution in [3.8, 4) is 0 Å². The Kier molecular flexibility index (Phi) is 5.42. The normalized spacial score (nSPS) is 13.4. The maximum atomic E-state index is 12.4. The number of anilines is 4. The Bertz CT molecular complexity index is 993. The summed E-state index contributed by atoms with van der Waals surface area (Å²) in [5, 5.41) is 6.12. The zero-order valence-corrected chi connectivity index (χ0v) is 16.8. The molecular weight excluding hydrogens is 362 g/mol. The summed E-state index contributed by atoms with van der Waals surface area (Å²) in [6, 6.07) is 14.2. The number of aromatic nitrogens is 2. The summed E-state index contributed by atoms with van der Waals surface area (Å²) in [5.41, 5.74) is 5.42. The quantitative estimate of drug-likeness (QED) is 0.665. The Labute approximate surface area is 171 Å². The molecule has 0 aliphatic carbocycles. The van der Waals surface area contributed by atoms with Crippen LogP contribution in [-0.2, 0) is 0 Å². The van der Waals surface area contributed by atoms with Gasteiger partial charge in [0.15, 0.2) is 0 Å². The summed E-state index contributed by atoms with van der Waals surface area (Å²) < 4.78 is 0. The van der Waals surface area contributed by atoms with Crippen LogP contribution in [0.2, 0.25) is 0 Å². The maximum absolute atomic E-state index is 12.4. The first-order valence-electron chi connectivity index (χ1n) is 9.91. The molecule has 1 aromatic heterocycles. The molecule has 6 heteroatoms. The van der Waals surface area contributed by atoms with Gasteiger partial charge in [-0.15, -0.1) is 0 Å². The van der Waals surface area contributed by atoms with Crippen molar-refractivity contribution in [1.82, 2.24) is 9.97 Å². The number of carbonyl (C=O) groups excluding carboxylic acids is 1. The molecule has 1 aliphatic rings. The van der Waals surface area contributed by atoms with E-state index in [0.29, 0.717) is 5.82 Å². The third kappa shape index (κ3) is 4.54. The molecule has 148 valence electrons. The lowest BCUT2D eigenvalue weighted by Crippen LogP contribution is -2.17. The number of hydrogen-bond donors (Lipinski definition) is 2. The standard InChI is InChI=1S/C23H25N5O/c1-16-5-10-20(17(2)13-16)27-23(29)21-14-25-22(15-24-21)26-18-6-8-19(9-7-18)28-11-3-4-12-28/h5-10,13-15H,3-4,11-12H2,1-2H3,(H,25,26)(H,27,29). The summed E-state index contributed by atoms with van der Waals surface area (Å²) in [7, 11) is 0. The first-order valence-corrected chi connectivity index (χ1v) is 9.91. The highest BCUT2D eigenvalue weighted by Crippen LogP contribution is 2.23. The van der Waals surface area contributed by atoms with Crippen LogP contribution < -0.4 is 15.5 Å². The molecule has 0 bridgehead atoms. The molecule has 0 spiro atoms. The van der Waals surface area contributed by atoms with Crippen LogP contribution in [0.15, 0.2) is 54.9 Å². The minimum Gasteiger partial charge on any atom is -0.372 e. The van der Waals surface area contributed by atoms with Crippen LogP contribution in [0, 0.1) is 13.8 Å². The summed E-state index contributed by atoms with van der Waals surface area (Å²) in [5.74, 6) is 0.327. The number of nitrogens with zero attached hydrogens (tertiary/aromatic N) is 3. The van der Waals surface area contributed by atoms with Gasteiger partial charge in [-0.1, -0.05) is 17.7 Å². The molecule has 0 saturated carbocycles. The molecule has 1 saturated heterocycles. The number of nitrogens with one attached hydrogen (secondary N) is 2. The topological polar surface area (TPSA) is 70.2 Å². The molecule has 29 heavy (non-hydrogen) atoms. The van der Waals surface area contributed by atoms with Crippen molar-refractivity contribution in [3.63, 3.8) is 0 Å². The molecule has 1 fully saturated rings. The van der Waals surface area contributed by atoms with E-state index in [1.807, 2.05) is 44.2 Å². The fourth-order valence-corrected chi connectivity index (χ4v) is 3.53. The van der Waals surface area contributed by atoms with Crippen molar-refractivity contribution in [1.29, 1.82) is 0 Å². The monoisotopic (exact) mass is 387 g/mol. The molecular formula is C23H25N5O. The van der Waals surface area contributed by atoms with E-state index in [0.717, 1.165) is 35.6 Å². The van der Waals surface area contributed by atoms with Crippen LogP contribution in [0.1, 0.15) is 34.5 Å². The molecule has 1 aliphatic heterocycles. The number of aryl methyl sites for hydroxylation is 2. The van der Waals surface area contributed by atoms with Crippen molar-refractivity contribution in [2.24, 2.45) is 0 Å². The molecule has 2 N–H and O–H groups in total. The second kappa shape index (κ2) is 8.31. The fourth-order valence-electron chi connectivity index (χ4n) is 3.53. The number of benzene rings is 2. The van der Waals surface area contributed by atoms with E-state index >= 15 is 0 Å². The van der Waals surface area contributed by atoms with Crippen LogP contribution in [0.3, 0.4) is 0 Å². The van der Waals surface area contributed by atoms with Gasteiger partial charge in [0.05, 0.1) is 12.4 Å². The van der Waals surface area contributed by atoms with E-state index in [2.05, 4.69) is 37.6 Å². The maximum Gasteiger partial charge on any atom is 0.275 e. The lowest BCUT2D eigenvalue weighted by Gasteiger charge is -2.17. The van der Waals surface area contributed by atoms with Crippen LogP contribution in [0.25, 0.3) is 0 Å². The second-order valence-electron chi connectivity index (χ2n) is 7.43. The van der Waals surface area contributed by atoms with Gasteiger partial charge in [-0.2, -0.15) is 0 Å². The van der Waals surface area contributed by atoms with Crippen molar-refractivity contribution < 1.29 is 4.79 Å². The summed E-state index contributed by atoms with van der Waals surface area (Å²) >= 11 is 0. The van der Waals surface area contributed by atoms with Crippen molar-refractivity contribution in [3.05, 3.63) is 71.7 Å². The second-order valence-corrected chi connectivity index (χ2v) is 7.43. The molecule has 0 unspecified atom stereocenters. The lowest BCUT2D eigenvalue weighted by molar-refractivity contribution is 0.102. The first kappa shape index (κ1) is 18.9. The minimum atomic E-state index is -0.272. The molecule has 2 heterocycles. The van der Waals surface area contributed by atoms with Crippen molar-refractivity contribution in [2.45, 2.75) is 26.7 Å². The summed E-state index contributed by atoms with van der Waals surface area (Å²) in [6.07, 6.45) is 5.59.